The molecule has 0 radical (unpaired) electrons. The van der Waals surface area contributed by atoms with Crippen molar-refractivity contribution in [2.24, 2.45) is 0 Å². The van der Waals surface area contributed by atoms with Gasteiger partial charge in [-0.05, 0) is 42.7 Å². The Morgan fingerprint density at radius 3 is 2.52 bits per heavy atom. The first-order valence-corrected chi connectivity index (χ1v) is 12.3. The van der Waals surface area contributed by atoms with E-state index in [1.807, 2.05) is 44.2 Å². The van der Waals surface area contributed by atoms with Crippen molar-refractivity contribution in [2.75, 3.05) is 36.4 Å². The molecule has 2 aromatic rings. The Hall–Kier alpha value is -2.58. The van der Waals surface area contributed by atoms with Gasteiger partial charge in [0.15, 0.2) is 6.10 Å². The summed E-state index contributed by atoms with van der Waals surface area (Å²) in [5.41, 5.74) is 2.36. The molecule has 2 aromatic carbocycles. The predicted molar refractivity (Wildman–Crippen MR) is 121 cm³/mol. The second-order valence-electron chi connectivity index (χ2n) is 7.87. The topological polar surface area (TPSA) is 79.0 Å². The van der Waals surface area contributed by atoms with Crippen LogP contribution in [0.3, 0.4) is 0 Å². The molecule has 0 aliphatic carbocycles. The van der Waals surface area contributed by atoms with Crippen molar-refractivity contribution in [3.05, 3.63) is 48.0 Å². The highest BCUT2D eigenvalue weighted by atomic mass is 32.2. The van der Waals surface area contributed by atoms with Crippen LogP contribution in [0.2, 0.25) is 0 Å². The lowest BCUT2D eigenvalue weighted by molar-refractivity contribution is -0.122. The van der Waals surface area contributed by atoms with E-state index in [1.165, 1.54) is 4.31 Å². The van der Waals surface area contributed by atoms with Crippen LogP contribution in [-0.4, -0.2) is 50.9 Å². The molecule has 2 heterocycles. The van der Waals surface area contributed by atoms with Crippen molar-refractivity contribution < 1.29 is 17.9 Å². The molecule has 31 heavy (non-hydrogen) atoms. The zero-order chi connectivity index (χ0) is 22.0. The molecule has 2 aliphatic heterocycles. The second kappa shape index (κ2) is 8.88. The lowest BCUT2D eigenvalue weighted by Crippen LogP contribution is -2.33. The van der Waals surface area contributed by atoms with E-state index in [-0.39, 0.29) is 10.8 Å². The Morgan fingerprint density at radius 2 is 1.84 bits per heavy atom. The van der Waals surface area contributed by atoms with Crippen molar-refractivity contribution >= 4 is 27.3 Å². The van der Waals surface area contributed by atoms with Gasteiger partial charge in [0.05, 0.1) is 16.3 Å². The van der Waals surface area contributed by atoms with Crippen molar-refractivity contribution in [1.29, 1.82) is 0 Å². The van der Waals surface area contributed by atoms with Crippen LogP contribution in [0.4, 0.5) is 11.4 Å². The van der Waals surface area contributed by atoms with E-state index < -0.39 is 16.1 Å². The highest BCUT2D eigenvalue weighted by molar-refractivity contribution is 7.89. The highest BCUT2D eigenvalue weighted by Crippen LogP contribution is 2.34. The summed E-state index contributed by atoms with van der Waals surface area (Å²) in [6.45, 7) is 6.19. The molecule has 4 rings (SSSR count). The fourth-order valence-electron chi connectivity index (χ4n) is 4.26. The summed E-state index contributed by atoms with van der Waals surface area (Å²) in [7, 11) is -3.63. The normalized spacial score (nSPS) is 18.2. The molecule has 2 aliphatic rings. The van der Waals surface area contributed by atoms with E-state index in [2.05, 4.69) is 10.2 Å². The lowest BCUT2D eigenvalue weighted by Gasteiger charge is -2.24. The molecule has 1 fully saturated rings. The van der Waals surface area contributed by atoms with Gasteiger partial charge in [-0.25, -0.2) is 8.42 Å². The first kappa shape index (κ1) is 21.6. The molecule has 1 atom stereocenters. The van der Waals surface area contributed by atoms with Gasteiger partial charge in [-0.1, -0.05) is 32.0 Å². The summed E-state index contributed by atoms with van der Waals surface area (Å²) in [6.07, 6.45) is 2.02. The van der Waals surface area contributed by atoms with E-state index in [9.17, 15) is 13.2 Å². The third kappa shape index (κ3) is 4.27. The number of fused-ring (bicyclic) bond motifs is 1. The molecule has 1 amide bonds. The summed E-state index contributed by atoms with van der Waals surface area (Å²) in [4.78, 5) is 15.4. The molecule has 0 saturated carbocycles. The maximum atomic E-state index is 13.0. The van der Waals surface area contributed by atoms with E-state index in [0.717, 1.165) is 42.9 Å². The number of carbonyl (C=O) groups excluding carboxylic acids is 1. The van der Waals surface area contributed by atoms with Gasteiger partial charge < -0.3 is 15.0 Å². The van der Waals surface area contributed by atoms with E-state index in [1.54, 1.807) is 12.1 Å². The van der Waals surface area contributed by atoms with Gasteiger partial charge in [-0.15, -0.1) is 0 Å². The lowest BCUT2D eigenvalue weighted by atomic mass is 10.1. The molecule has 8 heteroatoms. The van der Waals surface area contributed by atoms with Crippen molar-refractivity contribution in [3.63, 3.8) is 0 Å². The maximum Gasteiger partial charge on any atom is 0.265 e. The number of carbonyl (C=O) groups is 1. The molecule has 166 valence electrons. The first-order chi connectivity index (χ1) is 14.9. The minimum absolute atomic E-state index is 0.185. The minimum atomic E-state index is -3.63. The van der Waals surface area contributed by atoms with E-state index in [4.69, 9.17) is 4.74 Å². The standard InChI is InChI=1S/C23H29N3O4S/c1-3-26(4-2)31(28,29)18-11-12-20(25-13-7-8-14-25)19(16-18)24-23(27)22-15-17-9-5-6-10-21(17)30-22/h5-6,9-12,16,22H,3-4,7-8,13-15H2,1-2H3,(H,24,27)/t22-/m0/s1. The van der Waals surface area contributed by atoms with Crippen LogP contribution in [0.25, 0.3) is 0 Å². The van der Waals surface area contributed by atoms with Crippen LogP contribution in [-0.2, 0) is 21.2 Å². The van der Waals surface area contributed by atoms with Crippen LogP contribution in [0.15, 0.2) is 47.4 Å². The molecule has 0 unspecified atom stereocenters. The summed E-state index contributed by atoms with van der Waals surface area (Å²) in [6, 6.07) is 12.6. The number of nitrogens with zero attached hydrogens (tertiary/aromatic N) is 2. The Kier molecular flexibility index (Phi) is 6.20. The quantitative estimate of drug-likeness (QED) is 0.711. The predicted octanol–water partition coefficient (Wildman–Crippen LogP) is 3.26. The average molecular weight is 444 g/mol. The van der Waals surface area contributed by atoms with Gasteiger partial charge in [0.2, 0.25) is 10.0 Å². The Bertz CT molecular complexity index is 1040. The van der Waals surface area contributed by atoms with Crippen LogP contribution in [0.1, 0.15) is 32.3 Å². The van der Waals surface area contributed by atoms with Gasteiger partial charge >= 0.3 is 0 Å². The van der Waals surface area contributed by atoms with Crippen LogP contribution >= 0.6 is 0 Å². The number of ether oxygens (including phenoxy) is 1. The van der Waals surface area contributed by atoms with E-state index in [0.29, 0.717) is 25.2 Å². The molecular weight excluding hydrogens is 414 g/mol. The Morgan fingerprint density at radius 1 is 1.13 bits per heavy atom. The van der Waals surface area contributed by atoms with Crippen LogP contribution in [0, 0.1) is 0 Å². The summed E-state index contributed by atoms with van der Waals surface area (Å²) < 4.78 is 33.3. The minimum Gasteiger partial charge on any atom is -0.480 e. The number of sulfonamides is 1. The molecule has 0 bridgehead atoms. The Balaban J connectivity index is 1.63. The zero-order valence-electron chi connectivity index (χ0n) is 18.0. The maximum absolute atomic E-state index is 13.0. The average Bonchev–Trinajstić information content (AvgIpc) is 3.44. The number of hydrogen-bond donors (Lipinski definition) is 1. The fraction of sp³-hybridized carbons (Fsp3) is 0.435. The summed E-state index contributed by atoms with van der Waals surface area (Å²) in [5.74, 6) is 0.453. The molecule has 1 saturated heterocycles. The number of amides is 1. The SMILES string of the molecule is CCN(CC)S(=O)(=O)c1ccc(N2CCCC2)c(NC(=O)[C@@H]2Cc3ccccc3O2)c1. The van der Waals surface area contributed by atoms with Crippen LogP contribution in [0.5, 0.6) is 5.75 Å². The van der Waals surface area contributed by atoms with Gasteiger partial charge in [-0.3, -0.25) is 4.79 Å². The monoisotopic (exact) mass is 443 g/mol. The van der Waals surface area contributed by atoms with Crippen molar-refractivity contribution in [1.82, 2.24) is 4.31 Å². The van der Waals surface area contributed by atoms with Crippen LogP contribution < -0.4 is 15.0 Å². The van der Waals surface area contributed by atoms with E-state index >= 15 is 0 Å². The fourth-order valence-corrected chi connectivity index (χ4v) is 5.75. The number of anilines is 2. The smallest absolute Gasteiger partial charge is 0.265 e. The molecule has 7 nitrogen and oxygen atoms in total. The number of hydrogen-bond acceptors (Lipinski definition) is 5. The molecular formula is C23H29N3O4S. The van der Waals surface area contributed by atoms with Gasteiger partial charge in [-0.2, -0.15) is 4.31 Å². The van der Waals surface area contributed by atoms with Crippen molar-refractivity contribution in [3.8, 4) is 5.75 Å². The molecule has 1 N–H and O–H groups in total. The number of benzene rings is 2. The largest absolute Gasteiger partial charge is 0.480 e. The van der Waals surface area contributed by atoms with Gasteiger partial charge in [0.1, 0.15) is 5.75 Å². The third-order valence-electron chi connectivity index (χ3n) is 5.96. The number of rotatable bonds is 7. The van der Waals surface area contributed by atoms with Gasteiger partial charge in [0, 0.05) is 32.6 Å². The first-order valence-electron chi connectivity index (χ1n) is 10.9. The number of para-hydroxylation sites is 1. The summed E-state index contributed by atoms with van der Waals surface area (Å²) >= 11 is 0. The molecule has 0 aromatic heterocycles. The van der Waals surface area contributed by atoms with Gasteiger partial charge in [0.25, 0.3) is 5.91 Å². The Labute approximate surface area is 184 Å². The zero-order valence-corrected chi connectivity index (χ0v) is 18.8. The number of nitrogens with one attached hydrogen (secondary N) is 1. The summed E-state index contributed by atoms with van der Waals surface area (Å²) in [5, 5.41) is 2.96. The molecule has 0 spiro atoms. The third-order valence-corrected chi connectivity index (χ3v) is 8.00. The highest BCUT2D eigenvalue weighted by Gasteiger charge is 2.31. The van der Waals surface area contributed by atoms with Crippen molar-refractivity contribution in [2.45, 2.75) is 44.1 Å². The second-order valence-corrected chi connectivity index (χ2v) is 9.81.